The van der Waals surface area contributed by atoms with Crippen LogP contribution in [0.15, 0.2) is 5.38 Å². The normalized spacial score (nSPS) is 20.6. The molecule has 96 valence electrons. The number of nitrogens with zero attached hydrogens (tertiary/aromatic N) is 2. The molecule has 17 heavy (non-hydrogen) atoms. The number of aromatic nitrogens is 1. The zero-order valence-electron chi connectivity index (χ0n) is 10.9. The zero-order chi connectivity index (χ0) is 12.3. The second kappa shape index (κ2) is 5.46. The summed E-state index contributed by atoms with van der Waals surface area (Å²) in [4.78, 5) is 7.15. The largest absolute Gasteiger partial charge is 0.330 e. The van der Waals surface area contributed by atoms with Gasteiger partial charge < -0.3 is 5.73 Å². The highest BCUT2D eigenvalue weighted by molar-refractivity contribution is 7.09. The smallest absolute Gasteiger partial charge is 0.0941 e. The van der Waals surface area contributed by atoms with Gasteiger partial charge in [0.05, 0.1) is 10.7 Å². The van der Waals surface area contributed by atoms with Gasteiger partial charge in [-0.05, 0) is 37.9 Å². The highest BCUT2D eigenvalue weighted by Gasteiger charge is 2.25. The maximum absolute atomic E-state index is 5.54. The first-order valence-corrected chi connectivity index (χ1v) is 7.33. The maximum Gasteiger partial charge on any atom is 0.0941 e. The number of hydrogen-bond acceptors (Lipinski definition) is 4. The third-order valence-electron chi connectivity index (χ3n) is 3.55. The van der Waals surface area contributed by atoms with E-state index >= 15 is 0 Å². The van der Waals surface area contributed by atoms with Crippen molar-refractivity contribution < 1.29 is 0 Å². The minimum Gasteiger partial charge on any atom is -0.330 e. The first-order chi connectivity index (χ1) is 8.09. The Balaban J connectivity index is 1.84. The molecule has 0 amide bonds. The average molecular weight is 253 g/mol. The lowest BCUT2D eigenvalue weighted by atomic mass is 9.83. The lowest BCUT2D eigenvalue weighted by Gasteiger charge is -2.36. The van der Waals surface area contributed by atoms with Gasteiger partial charge in [-0.3, -0.25) is 4.90 Å². The molecule has 0 atom stereocenters. The quantitative estimate of drug-likeness (QED) is 0.895. The summed E-state index contributed by atoms with van der Waals surface area (Å²) >= 11 is 1.74. The van der Waals surface area contributed by atoms with Crippen molar-refractivity contribution in [2.75, 3.05) is 19.6 Å². The molecule has 1 aliphatic rings. The average Bonchev–Trinajstić information content (AvgIpc) is 2.70. The lowest BCUT2D eigenvalue weighted by molar-refractivity contribution is 0.126. The van der Waals surface area contributed by atoms with Crippen LogP contribution >= 0.6 is 11.3 Å². The SMILES string of the molecule is CC1(C)CCN(Cc2csc(CCN)n2)CC1. The summed E-state index contributed by atoms with van der Waals surface area (Å²) in [5, 5.41) is 3.37. The third kappa shape index (κ3) is 3.76. The van der Waals surface area contributed by atoms with E-state index in [4.69, 9.17) is 5.73 Å². The van der Waals surface area contributed by atoms with Crippen molar-refractivity contribution in [1.82, 2.24) is 9.88 Å². The Morgan fingerprint density at radius 2 is 2.12 bits per heavy atom. The van der Waals surface area contributed by atoms with Crippen molar-refractivity contribution in [3.63, 3.8) is 0 Å². The maximum atomic E-state index is 5.54. The molecule has 2 N–H and O–H groups in total. The second-order valence-electron chi connectivity index (χ2n) is 5.71. The van der Waals surface area contributed by atoms with Crippen LogP contribution in [0.2, 0.25) is 0 Å². The fourth-order valence-corrected chi connectivity index (χ4v) is 3.01. The molecule has 1 aliphatic heterocycles. The molecule has 1 fully saturated rings. The van der Waals surface area contributed by atoms with Gasteiger partial charge in [0.2, 0.25) is 0 Å². The molecule has 1 aromatic heterocycles. The number of piperidine rings is 1. The zero-order valence-corrected chi connectivity index (χ0v) is 11.7. The van der Waals surface area contributed by atoms with E-state index in [-0.39, 0.29) is 0 Å². The highest BCUT2D eigenvalue weighted by Crippen LogP contribution is 2.30. The Hall–Kier alpha value is -0.450. The molecule has 0 bridgehead atoms. The van der Waals surface area contributed by atoms with Crippen molar-refractivity contribution in [1.29, 1.82) is 0 Å². The molecule has 0 aromatic carbocycles. The van der Waals surface area contributed by atoms with E-state index in [1.54, 1.807) is 11.3 Å². The molecule has 4 heteroatoms. The Morgan fingerprint density at radius 1 is 1.41 bits per heavy atom. The standard InChI is InChI=1S/C13H23N3S/c1-13(2)4-7-16(8-5-13)9-11-10-17-12(15-11)3-6-14/h10H,3-9,14H2,1-2H3. The van der Waals surface area contributed by atoms with E-state index in [9.17, 15) is 0 Å². The summed E-state index contributed by atoms with van der Waals surface area (Å²) in [5.74, 6) is 0. The molecule has 0 spiro atoms. The van der Waals surface area contributed by atoms with Crippen LogP contribution in [-0.2, 0) is 13.0 Å². The van der Waals surface area contributed by atoms with Crippen LogP contribution in [0, 0.1) is 5.41 Å². The van der Waals surface area contributed by atoms with E-state index in [0.29, 0.717) is 12.0 Å². The number of likely N-dealkylation sites (tertiary alicyclic amines) is 1. The molecule has 0 unspecified atom stereocenters. The van der Waals surface area contributed by atoms with Crippen LogP contribution in [0.25, 0.3) is 0 Å². The summed E-state index contributed by atoms with van der Waals surface area (Å²) in [6.45, 7) is 8.86. The molecular weight excluding hydrogens is 230 g/mol. The topological polar surface area (TPSA) is 42.1 Å². The number of thiazole rings is 1. The Kier molecular flexibility index (Phi) is 4.17. The molecule has 3 nitrogen and oxygen atoms in total. The van der Waals surface area contributed by atoms with E-state index in [1.165, 1.54) is 36.6 Å². The Morgan fingerprint density at radius 3 is 2.76 bits per heavy atom. The molecular formula is C13H23N3S. The van der Waals surface area contributed by atoms with Crippen molar-refractivity contribution >= 4 is 11.3 Å². The van der Waals surface area contributed by atoms with Crippen LogP contribution in [0.3, 0.4) is 0 Å². The van der Waals surface area contributed by atoms with Gasteiger partial charge in [-0.2, -0.15) is 0 Å². The predicted octanol–water partition coefficient (Wildman–Crippen LogP) is 2.27. The fraction of sp³-hybridized carbons (Fsp3) is 0.769. The van der Waals surface area contributed by atoms with Crippen molar-refractivity contribution in [3.8, 4) is 0 Å². The van der Waals surface area contributed by atoms with Crippen LogP contribution in [-0.4, -0.2) is 29.5 Å². The minimum absolute atomic E-state index is 0.531. The van der Waals surface area contributed by atoms with Crippen LogP contribution < -0.4 is 5.73 Å². The Labute approximate surface area is 108 Å². The van der Waals surface area contributed by atoms with Crippen LogP contribution in [0.1, 0.15) is 37.4 Å². The molecule has 2 heterocycles. The molecule has 0 aliphatic carbocycles. The highest BCUT2D eigenvalue weighted by atomic mass is 32.1. The number of nitrogens with two attached hydrogens (primary N) is 1. The monoisotopic (exact) mass is 253 g/mol. The third-order valence-corrected chi connectivity index (χ3v) is 4.51. The first-order valence-electron chi connectivity index (χ1n) is 6.45. The van der Waals surface area contributed by atoms with E-state index in [2.05, 4.69) is 29.1 Å². The van der Waals surface area contributed by atoms with Gasteiger partial charge in [-0.1, -0.05) is 13.8 Å². The predicted molar refractivity (Wildman–Crippen MR) is 73.2 cm³/mol. The summed E-state index contributed by atoms with van der Waals surface area (Å²) in [5.41, 5.74) is 7.29. The van der Waals surface area contributed by atoms with Gasteiger partial charge in [0.25, 0.3) is 0 Å². The van der Waals surface area contributed by atoms with Crippen LogP contribution in [0.4, 0.5) is 0 Å². The van der Waals surface area contributed by atoms with Crippen LogP contribution in [0.5, 0.6) is 0 Å². The van der Waals surface area contributed by atoms with Gasteiger partial charge in [-0.25, -0.2) is 4.98 Å². The molecule has 0 saturated carbocycles. The van der Waals surface area contributed by atoms with E-state index in [0.717, 1.165) is 13.0 Å². The van der Waals surface area contributed by atoms with E-state index in [1.807, 2.05) is 0 Å². The number of hydrogen-bond donors (Lipinski definition) is 1. The van der Waals surface area contributed by atoms with Gasteiger partial charge in [0.1, 0.15) is 0 Å². The summed E-state index contributed by atoms with van der Waals surface area (Å²) < 4.78 is 0. The molecule has 2 rings (SSSR count). The van der Waals surface area contributed by atoms with Gasteiger partial charge in [0, 0.05) is 18.3 Å². The first kappa shape index (κ1) is 13.0. The van der Waals surface area contributed by atoms with Gasteiger partial charge in [0.15, 0.2) is 0 Å². The summed E-state index contributed by atoms with van der Waals surface area (Å²) in [6, 6.07) is 0. The fourth-order valence-electron chi connectivity index (χ4n) is 2.21. The Bertz CT molecular complexity index is 349. The summed E-state index contributed by atoms with van der Waals surface area (Å²) in [7, 11) is 0. The van der Waals surface area contributed by atoms with Gasteiger partial charge in [-0.15, -0.1) is 11.3 Å². The van der Waals surface area contributed by atoms with Crippen molar-refractivity contribution in [3.05, 3.63) is 16.1 Å². The number of rotatable bonds is 4. The second-order valence-corrected chi connectivity index (χ2v) is 6.65. The molecule has 1 aromatic rings. The van der Waals surface area contributed by atoms with Crippen molar-refractivity contribution in [2.45, 2.75) is 39.7 Å². The van der Waals surface area contributed by atoms with Gasteiger partial charge >= 0.3 is 0 Å². The molecule has 1 saturated heterocycles. The molecule has 0 radical (unpaired) electrons. The lowest BCUT2D eigenvalue weighted by Crippen LogP contribution is -2.36. The minimum atomic E-state index is 0.531. The summed E-state index contributed by atoms with van der Waals surface area (Å²) in [6.07, 6.45) is 3.51. The van der Waals surface area contributed by atoms with E-state index < -0.39 is 0 Å². The van der Waals surface area contributed by atoms with Crippen molar-refractivity contribution in [2.24, 2.45) is 11.1 Å².